The maximum Gasteiger partial charge on any atom is 0.434 e. The molecule has 0 radical (unpaired) electrons. The molecule has 0 aromatic carbocycles. The van der Waals surface area contributed by atoms with Gasteiger partial charge in [-0.25, -0.2) is 18.4 Å². The summed E-state index contributed by atoms with van der Waals surface area (Å²) in [5.74, 6) is -2.02. The van der Waals surface area contributed by atoms with E-state index in [0.29, 0.717) is 11.3 Å². The first-order chi connectivity index (χ1) is 18.3. The molecule has 3 aromatic rings. The number of halogens is 3. The Morgan fingerprint density at radius 2 is 2.08 bits per heavy atom. The van der Waals surface area contributed by atoms with Crippen LogP contribution in [0.1, 0.15) is 27.3 Å². The molecule has 5 rings (SSSR count). The van der Waals surface area contributed by atoms with Crippen LogP contribution in [0.4, 0.5) is 24.1 Å². The summed E-state index contributed by atoms with van der Waals surface area (Å²) in [6.07, 6.45) is -0.330. The van der Waals surface area contributed by atoms with Gasteiger partial charge in [0, 0.05) is 56.2 Å². The van der Waals surface area contributed by atoms with E-state index in [0.717, 1.165) is 23.0 Å². The molecule has 0 bridgehead atoms. The van der Waals surface area contributed by atoms with Crippen LogP contribution in [0.25, 0.3) is 5.82 Å². The van der Waals surface area contributed by atoms with Crippen molar-refractivity contribution in [2.24, 2.45) is 4.99 Å². The molecule has 0 saturated carbocycles. The number of fused-ring (bicyclic) bond motifs is 1. The first-order valence-corrected chi connectivity index (χ1v) is 14.3. The van der Waals surface area contributed by atoms with Gasteiger partial charge in [0.05, 0.1) is 11.2 Å². The molecule has 2 aliphatic heterocycles. The number of hydrogen-bond acceptors (Lipinski definition) is 10. The molecule has 39 heavy (non-hydrogen) atoms. The van der Waals surface area contributed by atoms with Crippen molar-refractivity contribution in [1.29, 1.82) is 0 Å². The van der Waals surface area contributed by atoms with E-state index >= 15 is 0 Å². The van der Waals surface area contributed by atoms with Crippen molar-refractivity contribution in [2.45, 2.75) is 18.1 Å². The SMILES string of the molecule is C/N=C/c1ccc(-n2nc3c(c2NC(=O)CS(C)(=O)=O)C(=O)NC2(C3)CN(c3nc(C(F)(F)F)cs3)C2)nc1. The lowest BCUT2D eigenvalue weighted by atomic mass is 9.81. The lowest BCUT2D eigenvalue weighted by molar-refractivity contribution is -0.140. The van der Waals surface area contributed by atoms with Gasteiger partial charge >= 0.3 is 6.18 Å². The van der Waals surface area contributed by atoms with Crippen molar-refractivity contribution in [3.8, 4) is 5.82 Å². The highest BCUT2D eigenvalue weighted by Crippen LogP contribution is 2.39. The van der Waals surface area contributed by atoms with E-state index in [2.05, 4.69) is 30.7 Å². The number of amides is 2. The zero-order valence-electron chi connectivity index (χ0n) is 20.5. The number of alkyl halides is 3. The summed E-state index contributed by atoms with van der Waals surface area (Å²) >= 11 is 0.862. The summed E-state index contributed by atoms with van der Waals surface area (Å²) in [5, 5.41) is 11.0. The molecule has 2 N–H and O–H groups in total. The second-order valence-electron chi connectivity index (χ2n) is 9.32. The maximum atomic E-state index is 13.3. The van der Waals surface area contributed by atoms with Crippen LogP contribution in [0.3, 0.4) is 0 Å². The van der Waals surface area contributed by atoms with E-state index in [4.69, 9.17) is 0 Å². The minimum atomic E-state index is -4.55. The molecule has 1 saturated heterocycles. The molecule has 206 valence electrons. The van der Waals surface area contributed by atoms with Crippen molar-refractivity contribution in [3.63, 3.8) is 0 Å². The number of aromatic nitrogens is 4. The van der Waals surface area contributed by atoms with Crippen LogP contribution >= 0.6 is 11.3 Å². The lowest BCUT2D eigenvalue weighted by Gasteiger charge is -2.51. The van der Waals surface area contributed by atoms with Gasteiger partial charge < -0.3 is 15.5 Å². The lowest BCUT2D eigenvalue weighted by Crippen LogP contribution is -2.73. The van der Waals surface area contributed by atoms with Crippen LogP contribution in [0.2, 0.25) is 0 Å². The van der Waals surface area contributed by atoms with Crippen LogP contribution < -0.4 is 15.5 Å². The maximum absolute atomic E-state index is 13.3. The monoisotopic (exact) mass is 582 g/mol. The molecule has 12 nitrogen and oxygen atoms in total. The van der Waals surface area contributed by atoms with Crippen LogP contribution in [0.15, 0.2) is 28.7 Å². The Balaban J connectivity index is 1.45. The predicted octanol–water partition coefficient (Wildman–Crippen LogP) is 1.32. The largest absolute Gasteiger partial charge is 0.434 e. The van der Waals surface area contributed by atoms with Crippen LogP contribution in [-0.4, -0.2) is 83.9 Å². The van der Waals surface area contributed by atoms with Gasteiger partial charge in [0.1, 0.15) is 11.3 Å². The highest BCUT2D eigenvalue weighted by Gasteiger charge is 2.51. The summed E-state index contributed by atoms with van der Waals surface area (Å²) in [5.41, 5.74) is -0.714. The number of carbonyl (C=O) groups is 2. The third-order valence-corrected chi connectivity index (χ3v) is 7.71. The minimum Gasteiger partial charge on any atom is -0.343 e. The molecule has 1 spiro atoms. The summed E-state index contributed by atoms with van der Waals surface area (Å²) in [6, 6.07) is 3.30. The van der Waals surface area contributed by atoms with Crippen molar-refractivity contribution in [2.75, 3.05) is 42.4 Å². The van der Waals surface area contributed by atoms with Gasteiger partial charge in [0.15, 0.2) is 32.3 Å². The molecule has 3 aromatic heterocycles. The van der Waals surface area contributed by atoms with Gasteiger partial charge in [-0.15, -0.1) is 11.3 Å². The average Bonchev–Trinajstić information content (AvgIpc) is 3.42. The normalized spacial score (nSPS) is 16.7. The molecular weight excluding hydrogens is 561 g/mol. The van der Waals surface area contributed by atoms with Gasteiger partial charge in [0.25, 0.3) is 5.91 Å². The van der Waals surface area contributed by atoms with E-state index in [1.165, 1.54) is 10.9 Å². The summed E-state index contributed by atoms with van der Waals surface area (Å²) in [7, 11) is -2.06. The van der Waals surface area contributed by atoms with Crippen LogP contribution in [0.5, 0.6) is 0 Å². The Hall–Kier alpha value is -3.86. The fourth-order valence-electron chi connectivity index (χ4n) is 4.48. The fraction of sp³-hybridized carbons (Fsp3) is 0.364. The summed E-state index contributed by atoms with van der Waals surface area (Å²) < 4.78 is 63.4. The third kappa shape index (κ3) is 5.36. The Kier molecular flexibility index (Phi) is 6.45. The number of nitrogens with one attached hydrogen (secondary N) is 2. The Bertz CT molecular complexity index is 1590. The van der Waals surface area contributed by atoms with E-state index < -0.39 is 44.8 Å². The second-order valence-corrected chi connectivity index (χ2v) is 12.3. The van der Waals surface area contributed by atoms with Crippen LogP contribution in [-0.2, 0) is 27.2 Å². The number of thiazole rings is 1. The molecule has 0 unspecified atom stereocenters. The quantitative estimate of drug-likeness (QED) is 0.413. The standard InChI is InChI=1S/C22H21F3N8O4S2/c1-26-6-12-3-4-15(27-7-12)33-18(29-16(34)9-39(2,36)37)17-13(31-33)5-21(30-19(17)35)10-32(11-21)20-28-14(8-38-20)22(23,24)25/h3-4,6-8H,5,9-11H2,1-2H3,(H,29,34)(H,30,35)/b26-6+. The number of hydrogen-bond donors (Lipinski definition) is 2. The van der Waals surface area contributed by atoms with Gasteiger partial charge in [-0.2, -0.15) is 23.0 Å². The zero-order valence-corrected chi connectivity index (χ0v) is 22.1. The third-order valence-electron chi connectivity index (χ3n) is 6.03. The van der Waals surface area contributed by atoms with Crippen LogP contribution in [0, 0.1) is 0 Å². The van der Waals surface area contributed by atoms with E-state index in [-0.39, 0.29) is 41.8 Å². The number of anilines is 2. The summed E-state index contributed by atoms with van der Waals surface area (Å²) in [6.45, 7) is 0.407. The number of carbonyl (C=O) groups excluding carboxylic acids is 2. The Labute approximate surface area is 223 Å². The van der Waals surface area contributed by atoms with E-state index in [1.807, 2.05) is 0 Å². The minimum absolute atomic E-state index is 0.0404. The van der Waals surface area contributed by atoms with E-state index in [9.17, 15) is 31.2 Å². The highest BCUT2D eigenvalue weighted by molar-refractivity contribution is 7.91. The summed E-state index contributed by atoms with van der Waals surface area (Å²) in [4.78, 5) is 39.3. The molecule has 0 atom stereocenters. The predicted molar refractivity (Wildman–Crippen MR) is 136 cm³/mol. The number of rotatable bonds is 6. The zero-order chi connectivity index (χ0) is 28.2. The highest BCUT2D eigenvalue weighted by atomic mass is 32.2. The van der Waals surface area contributed by atoms with Crippen molar-refractivity contribution in [1.82, 2.24) is 25.1 Å². The smallest absolute Gasteiger partial charge is 0.343 e. The molecule has 2 amide bonds. The molecule has 5 heterocycles. The van der Waals surface area contributed by atoms with Crippen molar-refractivity contribution < 1.29 is 31.2 Å². The first-order valence-electron chi connectivity index (χ1n) is 11.4. The molecule has 2 aliphatic rings. The fourth-order valence-corrected chi connectivity index (χ4v) is 5.86. The van der Waals surface area contributed by atoms with Gasteiger partial charge in [-0.3, -0.25) is 14.6 Å². The number of pyridine rings is 1. The molecule has 1 fully saturated rings. The molecule has 17 heteroatoms. The molecular formula is C22H21F3N8O4S2. The van der Waals surface area contributed by atoms with Crippen molar-refractivity contribution >= 4 is 50.2 Å². The number of sulfone groups is 1. The first kappa shape index (κ1) is 26.7. The number of aliphatic imine (C=N–C) groups is 1. The Morgan fingerprint density at radius 3 is 2.67 bits per heavy atom. The van der Waals surface area contributed by atoms with Gasteiger partial charge in [-0.1, -0.05) is 0 Å². The molecule has 0 aliphatic carbocycles. The second kappa shape index (κ2) is 9.41. The Morgan fingerprint density at radius 1 is 1.33 bits per heavy atom. The van der Waals surface area contributed by atoms with Gasteiger partial charge in [0.2, 0.25) is 5.91 Å². The van der Waals surface area contributed by atoms with Crippen molar-refractivity contribution in [3.05, 3.63) is 46.2 Å². The van der Waals surface area contributed by atoms with E-state index in [1.54, 1.807) is 30.3 Å². The van der Waals surface area contributed by atoms with Gasteiger partial charge in [-0.05, 0) is 12.1 Å². The topological polar surface area (TPSA) is 152 Å². The number of nitrogens with zero attached hydrogens (tertiary/aromatic N) is 6. The average molecular weight is 583 g/mol.